The molecule has 144 valence electrons. The highest BCUT2D eigenvalue weighted by molar-refractivity contribution is 6.39. The highest BCUT2D eigenvalue weighted by Gasteiger charge is 2.15. The monoisotopic (exact) mass is 370 g/mol. The number of hydrogen-bond donors (Lipinski definition) is 2. The van der Waals surface area contributed by atoms with Crippen molar-refractivity contribution in [2.75, 3.05) is 19.0 Å². The number of rotatable bonds is 7. The van der Waals surface area contributed by atoms with Gasteiger partial charge in [-0.1, -0.05) is 30.7 Å². The van der Waals surface area contributed by atoms with Crippen molar-refractivity contribution < 1.29 is 19.1 Å². The second-order valence-corrected chi connectivity index (χ2v) is 6.29. The highest BCUT2D eigenvalue weighted by atomic mass is 16.5. The molecule has 2 aromatic rings. The Labute approximate surface area is 159 Å². The van der Waals surface area contributed by atoms with E-state index in [1.54, 1.807) is 25.3 Å². The summed E-state index contributed by atoms with van der Waals surface area (Å²) in [6.07, 6.45) is 0.899. The van der Waals surface area contributed by atoms with Crippen molar-refractivity contribution in [3.05, 3.63) is 53.1 Å². The van der Waals surface area contributed by atoms with E-state index in [-0.39, 0.29) is 6.54 Å². The standard InChI is InChI=1S/C21H26N2O4/c1-5-10-27-18-9-7-16(12-19(18)26-4)13-22-20(24)21(25)23-17-8-6-14(2)11-15(17)3/h6-9,11-12H,5,10,13H2,1-4H3,(H,22,24)(H,23,25). The first-order chi connectivity index (χ1) is 12.9. The van der Waals surface area contributed by atoms with Crippen LogP contribution in [0.15, 0.2) is 36.4 Å². The lowest BCUT2D eigenvalue weighted by molar-refractivity contribution is -0.136. The van der Waals surface area contributed by atoms with Crippen molar-refractivity contribution in [1.29, 1.82) is 0 Å². The number of anilines is 1. The van der Waals surface area contributed by atoms with Crippen molar-refractivity contribution in [3.63, 3.8) is 0 Å². The Morgan fingerprint density at radius 3 is 2.44 bits per heavy atom. The van der Waals surface area contributed by atoms with Crippen LogP contribution in [-0.4, -0.2) is 25.5 Å². The van der Waals surface area contributed by atoms with E-state index in [4.69, 9.17) is 9.47 Å². The summed E-state index contributed by atoms with van der Waals surface area (Å²) in [5.74, 6) is -0.144. The summed E-state index contributed by atoms with van der Waals surface area (Å²) in [4.78, 5) is 24.2. The Kier molecular flexibility index (Phi) is 7.23. The van der Waals surface area contributed by atoms with Gasteiger partial charge < -0.3 is 20.1 Å². The molecule has 27 heavy (non-hydrogen) atoms. The Balaban J connectivity index is 1.95. The molecule has 6 nitrogen and oxygen atoms in total. The van der Waals surface area contributed by atoms with E-state index >= 15 is 0 Å². The van der Waals surface area contributed by atoms with Crippen molar-refractivity contribution in [2.45, 2.75) is 33.7 Å². The predicted octanol–water partition coefficient (Wildman–Crippen LogP) is 3.36. The second-order valence-electron chi connectivity index (χ2n) is 6.29. The fourth-order valence-corrected chi connectivity index (χ4v) is 2.55. The molecule has 0 spiro atoms. The number of carbonyl (C=O) groups is 2. The quantitative estimate of drug-likeness (QED) is 0.733. The van der Waals surface area contributed by atoms with Gasteiger partial charge in [-0.25, -0.2) is 0 Å². The van der Waals surface area contributed by atoms with Gasteiger partial charge in [0.15, 0.2) is 11.5 Å². The topological polar surface area (TPSA) is 76.7 Å². The lowest BCUT2D eigenvalue weighted by Crippen LogP contribution is -2.35. The molecule has 0 fully saturated rings. The maximum Gasteiger partial charge on any atom is 0.313 e. The Bertz CT molecular complexity index is 818. The minimum atomic E-state index is -0.697. The van der Waals surface area contributed by atoms with Crippen LogP contribution in [-0.2, 0) is 16.1 Å². The van der Waals surface area contributed by atoms with E-state index in [1.807, 2.05) is 39.0 Å². The summed E-state index contributed by atoms with van der Waals surface area (Å²) in [6, 6.07) is 11.0. The van der Waals surface area contributed by atoms with Gasteiger partial charge in [0.25, 0.3) is 0 Å². The van der Waals surface area contributed by atoms with Crippen LogP contribution in [0.1, 0.15) is 30.0 Å². The molecule has 6 heteroatoms. The van der Waals surface area contributed by atoms with Crippen molar-refractivity contribution >= 4 is 17.5 Å². The maximum absolute atomic E-state index is 12.1. The van der Waals surface area contributed by atoms with E-state index in [1.165, 1.54) is 0 Å². The number of methoxy groups -OCH3 is 1. The fraction of sp³-hybridized carbons (Fsp3) is 0.333. The number of amides is 2. The van der Waals surface area contributed by atoms with Crippen LogP contribution in [0.25, 0.3) is 0 Å². The van der Waals surface area contributed by atoms with E-state index in [0.717, 1.165) is 23.1 Å². The summed E-state index contributed by atoms with van der Waals surface area (Å²) in [5.41, 5.74) is 3.43. The summed E-state index contributed by atoms with van der Waals surface area (Å²) in [7, 11) is 1.56. The van der Waals surface area contributed by atoms with E-state index in [9.17, 15) is 9.59 Å². The number of ether oxygens (including phenoxy) is 2. The van der Waals surface area contributed by atoms with Gasteiger partial charge in [0.2, 0.25) is 0 Å². The molecule has 0 bridgehead atoms. The fourth-order valence-electron chi connectivity index (χ4n) is 2.55. The van der Waals surface area contributed by atoms with Gasteiger partial charge >= 0.3 is 11.8 Å². The first kappa shape index (κ1) is 20.3. The van der Waals surface area contributed by atoms with Crippen LogP contribution in [0.2, 0.25) is 0 Å². The van der Waals surface area contributed by atoms with Gasteiger partial charge in [-0.05, 0) is 49.6 Å². The zero-order valence-electron chi connectivity index (χ0n) is 16.2. The third-order valence-electron chi connectivity index (χ3n) is 3.98. The van der Waals surface area contributed by atoms with Gasteiger partial charge in [0, 0.05) is 12.2 Å². The molecular formula is C21H26N2O4. The van der Waals surface area contributed by atoms with Crippen LogP contribution >= 0.6 is 0 Å². The molecule has 2 aromatic carbocycles. The molecular weight excluding hydrogens is 344 g/mol. The van der Waals surface area contributed by atoms with Crippen LogP contribution < -0.4 is 20.1 Å². The first-order valence-electron chi connectivity index (χ1n) is 8.90. The van der Waals surface area contributed by atoms with E-state index in [2.05, 4.69) is 10.6 Å². The summed E-state index contributed by atoms with van der Waals surface area (Å²) >= 11 is 0. The predicted molar refractivity (Wildman–Crippen MR) is 105 cm³/mol. The molecule has 2 rings (SSSR count). The largest absolute Gasteiger partial charge is 0.493 e. The molecule has 0 atom stereocenters. The zero-order valence-corrected chi connectivity index (χ0v) is 16.2. The lowest BCUT2D eigenvalue weighted by atomic mass is 10.1. The van der Waals surface area contributed by atoms with Crippen molar-refractivity contribution in [3.8, 4) is 11.5 Å². The highest BCUT2D eigenvalue weighted by Crippen LogP contribution is 2.28. The van der Waals surface area contributed by atoms with Crippen LogP contribution in [0.5, 0.6) is 11.5 Å². The summed E-state index contributed by atoms with van der Waals surface area (Å²) in [5, 5.41) is 5.25. The third kappa shape index (κ3) is 5.74. The molecule has 0 aromatic heterocycles. The van der Waals surface area contributed by atoms with Gasteiger partial charge in [0.05, 0.1) is 13.7 Å². The Hall–Kier alpha value is -3.02. The number of carbonyl (C=O) groups excluding carboxylic acids is 2. The average molecular weight is 370 g/mol. The molecule has 0 unspecified atom stereocenters. The molecule has 0 aliphatic carbocycles. The number of nitrogens with one attached hydrogen (secondary N) is 2. The number of aryl methyl sites for hydroxylation is 2. The molecule has 2 N–H and O–H groups in total. The Morgan fingerprint density at radius 2 is 1.78 bits per heavy atom. The summed E-state index contributed by atoms with van der Waals surface area (Å²) in [6.45, 7) is 6.70. The third-order valence-corrected chi connectivity index (χ3v) is 3.98. The maximum atomic E-state index is 12.1. The average Bonchev–Trinajstić information content (AvgIpc) is 2.66. The van der Waals surface area contributed by atoms with Gasteiger partial charge in [0.1, 0.15) is 0 Å². The van der Waals surface area contributed by atoms with Crippen molar-refractivity contribution in [1.82, 2.24) is 5.32 Å². The molecule has 0 aliphatic heterocycles. The molecule has 0 heterocycles. The van der Waals surface area contributed by atoms with Gasteiger partial charge in [-0.15, -0.1) is 0 Å². The molecule has 0 saturated carbocycles. The first-order valence-corrected chi connectivity index (χ1v) is 8.90. The minimum Gasteiger partial charge on any atom is -0.493 e. The minimum absolute atomic E-state index is 0.212. The van der Waals surface area contributed by atoms with Gasteiger partial charge in [-0.3, -0.25) is 9.59 Å². The molecule has 0 radical (unpaired) electrons. The van der Waals surface area contributed by atoms with Gasteiger partial charge in [-0.2, -0.15) is 0 Å². The normalized spacial score (nSPS) is 10.2. The second kappa shape index (κ2) is 9.62. The number of benzene rings is 2. The SMILES string of the molecule is CCCOc1ccc(CNC(=O)C(=O)Nc2ccc(C)cc2C)cc1OC. The number of hydrogen-bond acceptors (Lipinski definition) is 4. The van der Waals surface area contributed by atoms with E-state index in [0.29, 0.717) is 23.8 Å². The molecule has 0 aliphatic rings. The molecule has 2 amide bonds. The van der Waals surface area contributed by atoms with Crippen LogP contribution in [0.4, 0.5) is 5.69 Å². The molecule has 0 saturated heterocycles. The zero-order chi connectivity index (χ0) is 19.8. The van der Waals surface area contributed by atoms with Crippen LogP contribution in [0, 0.1) is 13.8 Å². The van der Waals surface area contributed by atoms with Crippen LogP contribution in [0.3, 0.4) is 0 Å². The van der Waals surface area contributed by atoms with E-state index < -0.39 is 11.8 Å². The lowest BCUT2D eigenvalue weighted by Gasteiger charge is -2.12. The van der Waals surface area contributed by atoms with Crippen molar-refractivity contribution in [2.24, 2.45) is 0 Å². The Morgan fingerprint density at radius 1 is 1.00 bits per heavy atom. The smallest absolute Gasteiger partial charge is 0.313 e. The summed E-state index contributed by atoms with van der Waals surface area (Å²) < 4.78 is 10.9.